The van der Waals surface area contributed by atoms with Gasteiger partial charge < -0.3 is 26.0 Å². The van der Waals surface area contributed by atoms with Crippen LogP contribution in [0.2, 0.25) is 0 Å². The van der Waals surface area contributed by atoms with Crippen LogP contribution in [0.4, 0.5) is 0 Å². The maximum atomic E-state index is 13.2. The first-order chi connectivity index (χ1) is 19.1. The Balaban J connectivity index is 1.69. The number of carboxylic acids is 1. The highest BCUT2D eigenvalue weighted by Gasteiger charge is 2.30. The van der Waals surface area contributed by atoms with Gasteiger partial charge in [-0.25, -0.2) is 14.2 Å². The molecule has 0 bridgehead atoms. The van der Waals surface area contributed by atoms with Gasteiger partial charge in [0.05, 0.1) is 0 Å². The lowest BCUT2D eigenvalue weighted by atomic mass is 10.2. The number of hydrogen-bond acceptors (Lipinski definition) is 7. The van der Waals surface area contributed by atoms with Gasteiger partial charge in [-0.1, -0.05) is 26.7 Å². The van der Waals surface area contributed by atoms with Crippen LogP contribution in [-0.4, -0.2) is 57.7 Å². The van der Waals surface area contributed by atoms with Gasteiger partial charge in [0.2, 0.25) is 6.17 Å². The molecule has 212 valence electrons. The third-order valence-corrected chi connectivity index (χ3v) is 6.53. The van der Waals surface area contributed by atoms with Crippen molar-refractivity contribution in [2.75, 3.05) is 0 Å². The summed E-state index contributed by atoms with van der Waals surface area (Å²) < 4.78 is 5.27. The average Bonchev–Trinajstić information content (AvgIpc) is 3.59. The van der Waals surface area contributed by atoms with Crippen LogP contribution in [0.25, 0.3) is 11.0 Å². The molecular formula is C26H30N6O8. The molecule has 0 unspecified atom stereocenters. The van der Waals surface area contributed by atoms with Crippen molar-refractivity contribution in [1.82, 2.24) is 29.0 Å². The van der Waals surface area contributed by atoms with Gasteiger partial charge in [0.15, 0.2) is 11.5 Å². The van der Waals surface area contributed by atoms with Crippen LogP contribution in [0.3, 0.4) is 0 Å². The Morgan fingerprint density at radius 3 is 1.52 bits per heavy atom. The number of aromatic nitrogens is 4. The zero-order valence-corrected chi connectivity index (χ0v) is 22.0. The Labute approximate surface area is 226 Å². The number of unbranched alkanes of at least 4 members (excludes halogenated alkanes) is 2. The highest BCUT2D eigenvalue weighted by atomic mass is 16.4. The number of aromatic hydroxyl groups is 2. The smallest absolute Gasteiger partial charge is 0.347 e. The van der Waals surface area contributed by atoms with Crippen molar-refractivity contribution in [3.63, 3.8) is 0 Å². The molecule has 2 amide bonds. The predicted molar refractivity (Wildman–Crippen MR) is 143 cm³/mol. The second-order valence-corrected chi connectivity index (χ2v) is 9.21. The van der Waals surface area contributed by atoms with E-state index in [1.807, 2.05) is 24.5 Å². The number of carbonyl (C=O) groups excluding carboxylic acids is 2. The molecule has 0 aromatic carbocycles. The topological polar surface area (TPSA) is 189 Å². The molecule has 4 aromatic heterocycles. The summed E-state index contributed by atoms with van der Waals surface area (Å²) in [5, 5.41) is 35.2. The minimum atomic E-state index is -2.11. The van der Waals surface area contributed by atoms with Gasteiger partial charge in [-0.15, -0.1) is 0 Å². The molecule has 0 aliphatic carbocycles. The third kappa shape index (κ3) is 4.90. The number of rotatable bonds is 11. The highest BCUT2D eigenvalue weighted by Crippen LogP contribution is 2.23. The zero-order chi connectivity index (χ0) is 29.1. The Morgan fingerprint density at radius 1 is 0.775 bits per heavy atom. The predicted octanol–water partition coefficient (Wildman–Crippen LogP) is 1.10. The van der Waals surface area contributed by atoms with E-state index in [1.54, 1.807) is 12.1 Å². The number of aryl methyl sites for hydroxylation is 2. The van der Waals surface area contributed by atoms with Crippen LogP contribution >= 0.6 is 0 Å². The summed E-state index contributed by atoms with van der Waals surface area (Å²) in [6.07, 6.45) is 3.64. The molecule has 0 fully saturated rings. The van der Waals surface area contributed by atoms with Crippen LogP contribution in [-0.2, 0) is 17.9 Å². The highest BCUT2D eigenvalue weighted by molar-refractivity contribution is 6.03. The van der Waals surface area contributed by atoms with Crippen molar-refractivity contribution in [2.45, 2.75) is 58.8 Å². The summed E-state index contributed by atoms with van der Waals surface area (Å²) in [4.78, 5) is 64.6. The van der Waals surface area contributed by atoms with Gasteiger partial charge in [-0.2, -0.15) is 0 Å². The molecule has 14 nitrogen and oxygen atoms in total. The maximum absolute atomic E-state index is 13.2. The number of aliphatic carboxylic acids is 1. The molecule has 5 N–H and O–H groups in total. The van der Waals surface area contributed by atoms with Crippen molar-refractivity contribution in [2.24, 2.45) is 0 Å². The molecule has 0 spiro atoms. The number of carbonyl (C=O) groups is 3. The SMILES string of the molecule is CCCCn1c(=O)c(C(=O)NC(NC(=O)c2c(O)c3cccn3n(CCCC)c2=O)C(=O)O)c(O)c2cccn21. The quantitative estimate of drug-likeness (QED) is 0.170. The van der Waals surface area contributed by atoms with Crippen LogP contribution < -0.4 is 21.8 Å². The Bertz CT molecular complexity index is 1610. The lowest BCUT2D eigenvalue weighted by Gasteiger charge is -2.19. The van der Waals surface area contributed by atoms with Gasteiger partial charge in [-0.05, 0) is 37.1 Å². The number of nitrogens with one attached hydrogen (secondary N) is 2. The molecule has 0 radical (unpaired) electrons. The van der Waals surface area contributed by atoms with E-state index in [9.17, 15) is 39.3 Å². The van der Waals surface area contributed by atoms with Gasteiger partial charge in [0.1, 0.15) is 22.2 Å². The Hall–Kier alpha value is -5.01. The monoisotopic (exact) mass is 554 g/mol. The number of carboxylic acid groups (broad SMARTS) is 1. The molecule has 0 saturated carbocycles. The second kappa shape index (κ2) is 11.4. The largest absolute Gasteiger partial charge is 0.505 e. The molecule has 4 aromatic rings. The fourth-order valence-electron chi connectivity index (χ4n) is 4.46. The number of hydrogen-bond donors (Lipinski definition) is 5. The molecule has 0 saturated heterocycles. The van der Waals surface area contributed by atoms with Crippen molar-refractivity contribution in [1.29, 1.82) is 0 Å². The molecular weight excluding hydrogens is 524 g/mol. The van der Waals surface area contributed by atoms with E-state index in [0.29, 0.717) is 12.8 Å². The number of fused-ring (bicyclic) bond motifs is 2. The van der Waals surface area contributed by atoms with E-state index < -0.39 is 57.7 Å². The van der Waals surface area contributed by atoms with Gasteiger partial charge in [0, 0.05) is 25.5 Å². The molecule has 14 heteroatoms. The van der Waals surface area contributed by atoms with Gasteiger partial charge in [-0.3, -0.25) is 28.2 Å². The van der Waals surface area contributed by atoms with Crippen LogP contribution in [0.15, 0.2) is 46.2 Å². The molecule has 40 heavy (non-hydrogen) atoms. The first-order valence-corrected chi connectivity index (χ1v) is 12.8. The van der Waals surface area contributed by atoms with E-state index in [2.05, 4.69) is 0 Å². The van der Waals surface area contributed by atoms with Gasteiger partial charge >= 0.3 is 5.97 Å². The van der Waals surface area contributed by atoms with Crippen molar-refractivity contribution in [3.8, 4) is 11.5 Å². The lowest BCUT2D eigenvalue weighted by molar-refractivity contribution is -0.139. The standard InChI is InChI=1S/C26H30N6O8/c1-3-5-11-31-24(37)17(19(33)15-9-7-13-29(15)31)22(35)27-21(26(39)40)28-23(36)18-20(34)16-10-8-14-30(16)32(25(18)38)12-6-4-2/h7-10,13-14,21,33-34H,3-6,11-12H2,1-2H3,(H,27,35)(H,28,36)(H,39,40). The van der Waals surface area contributed by atoms with E-state index in [1.165, 1.54) is 42.9 Å². The molecule has 0 aliphatic rings. The fourth-order valence-corrected chi connectivity index (χ4v) is 4.46. The van der Waals surface area contributed by atoms with E-state index in [-0.39, 0.29) is 24.1 Å². The van der Waals surface area contributed by atoms with Crippen LogP contribution in [0.5, 0.6) is 11.5 Å². The van der Waals surface area contributed by atoms with E-state index >= 15 is 0 Å². The minimum Gasteiger partial charge on any atom is -0.505 e. The normalized spacial score (nSPS) is 11.4. The Morgan fingerprint density at radius 2 is 1.18 bits per heavy atom. The number of amides is 2. The maximum Gasteiger partial charge on any atom is 0.347 e. The van der Waals surface area contributed by atoms with Crippen LogP contribution in [0, 0.1) is 0 Å². The van der Waals surface area contributed by atoms with Crippen molar-refractivity contribution < 1.29 is 29.7 Å². The van der Waals surface area contributed by atoms with E-state index in [0.717, 1.165) is 12.8 Å². The minimum absolute atomic E-state index is 0.148. The summed E-state index contributed by atoms with van der Waals surface area (Å²) in [5.41, 5.74) is -2.84. The first-order valence-electron chi connectivity index (χ1n) is 12.8. The van der Waals surface area contributed by atoms with Crippen LogP contribution in [0.1, 0.15) is 60.2 Å². The number of nitrogens with zero attached hydrogens (tertiary/aromatic N) is 4. The van der Waals surface area contributed by atoms with E-state index in [4.69, 9.17) is 0 Å². The molecule has 4 heterocycles. The summed E-state index contributed by atoms with van der Waals surface area (Å²) >= 11 is 0. The van der Waals surface area contributed by atoms with Gasteiger partial charge in [0.25, 0.3) is 22.9 Å². The lowest BCUT2D eigenvalue weighted by Crippen LogP contribution is -2.54. The first kappa shape index (κ1) is 28.0. The Kier molecular flexibility index (Phi) is 7.98. The summed E-state index contributed by atoms with van der Waals surface area (Å²) in [7, 11) is 0. The summed E-state index contributed by atoms with van der Waals surface area (Å²) in [5.74, 6) is -5.55. The summed E-state index contributed by atoms with van der Waals surface area (Å²) in [6, 6.07) is 6.10. The van der Waals surface area contributed by atoms with Crippen molar-refractivity contribution >= 4 is 28.8 Å². The van der Waals surface area contributed by atoms with Crippen molar-refractivity contribution in [3.05, 3.63) is 68.5 Å². The molecule has 4 rings (SSSR count). The molecule has 0 atom stereocenters. The second-order valence-electron chi connectivity index (χ2n) is 9.21. The average molecular weight is 555 g/mol. The molecule has 0 aliphatic heterocycles. The summed E-state index contributed by atoms with van der Waals surface area (Å²) in [6.45, 7) is 4.28. The zero-order valence-electron chi connectivity index (χ0n) is 22.0. The third-order valence-electron chi connectivity index (χ3n) is 6.53. The fraction of sp³-hybridized carbons (Fsp3) is 0.346.